The van der Waals surface area contributed by atoms with Gasteiger partial charge in [0, 0.05) is 24.7 Å². The summed E-state index contributed by atoms with van der Waals surface area (Å²) in [7, 11) is 1.56. The van der Waals surface area contributed by atoms with Crippen molar-refractivity contribution in [3.05, 3.63) is 28.8 Å². The summed E-state index contributed by atoms with van der Waals surface area (Å²) in [5, 5.41) is 0.459. The van der Waals surface area contributed by atoms with E-state index in [2.05, 4.69) is 0 Å². The first-order valence-electron chi connectivity index (χ1n) is 8.20. The number of hydrogen-bond donors (Lipinski definition) is 1. The Kier molecular flexibility index (Phi) is 6.52. The first-order chi connectivity index (χ1) is 11.5. The van der Waals surface area contributed by atoms with Crippen molar-refractivity contribution in [2.24, 2.45) is 5.73 Å². The van der Waals surface area contributed by atoms with E-state index in [1.165, 1.54) is 0 Å². The molecule has 0 aromatic heterocycles. The van der Waals surface area contributed by atoms with Gasteiger partial charge in [-0.3, -0.25) is 4.79 Å². The van der Waals surface area contributed by atoms with Gasteiger partial charge in [-0.2, -0.15) is 0 Å². The number of ether oxygens (including phenoxy) is 2. The van der Waals surface area contributed by atoms with E-state index in [-0.39, 0.29) is 18.0 Å². The molecule has 5 nitrogen and oxygen atoms in total. The van der Waals surface area contributed by atoms with Crippen LogP contribution in [0.15, 0.2) is 18.2 Å². The van der Waals surface area contributed by atoms with Crippen molar-refractivity contribution in [1.82, 2.24) is 4.90 Å². The number of nitrogens with zero attached hydrogens (tertiary/aromatic N) is 1. The highest BCUT2D eigenvalue weighted by atomic mass is 35.5. The summed E-state index contributed by atoms with van der Waals surface area (Å²) < 4.78 is 10.8. The summed E-state index contributed by atoms with van der Waals surface area (Å²) in [6, 6.07) is 3.90. The highest BCUT2D eigenvalue weighted by Gasteiger charge is 2.25. The highest BCUT2D eigenvalue weighted by molar-refractivity contribution is 6.32. The second-order valence-electron chi connectivity index (χ2n) is 5.97. The molecule has 2 N–H and O–H groups in total. The third kappa shape index (κ3) is 4.42. The third-order valence-electron chi connectivity index (χ3n) is 4.16. The van der Waals surface area contributed by atoms with Crippen LogP contribution in [0.4, 0.5) is 0 Å². The van der Waals surface area contributed by atoms with Crippen molar-refractivity contribution >= 4 is 23.6 Å². The van der Waals surface area contributed by atoms with E-state index < -0.39 is 0 Å². The number of amides is 1. The Labute approximate surface area is 148 Å². The predicted octanol–water partition coefficient (Wildman–Crippen LogP) is 3.10. The van der Waals surface area contributed by atoms with Gasteiger partial charge < -0.3 is 20.1 Å². The van der Waals surface area contributed by atoms with Crippen molar-refractivity contribution in [1.29, 1.82) is 0 Å². The molecule has 1 aromatic carbocycles. The Morgan fingerprint density at radius 2 is 2.25 bits per heavy atom. The predicted molar refractivity (Wildman–Crippen MR) is 96.6 cm³/mol. The molecule has 1 fully saturated rings. The van der Waals surface area contributed by atoms with Crippen LogP contribution in [-0.4, -0.2) is 43.2 Å². The molecule has 2 atom stereocenters. The zero-order valence-corrected chi connectivity index (χ0v) is 15.2. The molecular weight excluding hydrogens is 328 g/mol. The van der Waals surface area contributed by atoms with Gasteiger partial charge in [-0.1, -0.05) is 11.6 Å². The minimum Gasteiger partial charge on any atom is -0.493 e. The summed E-state index contributed by atoms with van der Waals surface area (Å²) in [6.45, 7) is 5.10. The molecule has 1 heterocycles. The monoisotopic (exact) mass is 352 g/mol. The van der Waals surface area contributed by atoms with Crippen LogP contribution < -0.4 is 15.2 Å². The Bertz CT molecular complexity index is 619. The molecular formula is C18H25ClN2O3. The van der Waals surface area contributed by atoms with E-state index in [0.717, 1.165) is 18.4 Å². The maximum absolute atomic E-state index is 12.4. The van der Waals surface area contributed by atoms with Gasteiger partial charge in [0.1, 0.15) is 0 Å². The van der Waals surface area contributed by atoms with Gasteiger partial charge in [-0.05, 0) is 50.5 Å². The molecule has 6 heteroatoms. The second kappa shape index (κ2) is 8.40. The Morgan fingerprint density at radius 1 is 1.50 bits per heavy atom. The number of piperidine rings is 1. The molecule has 1 saturated heterocycles. The summed E-state index contributed by atoms with van der Waals surface area (Å²) in [5.74, 6) is 1.05. The second-order valence-corrected chi connectivity index (χ2v) is 6.37. The number of carbonyl (C=O) groups excluding carboxylic acids is 1. The lowest BCUT2D eigenvalue weighted by molar-refractivity contribution is -0.129. The molecule has 0 spiro atoms. The number of rotatable bonds is 5. The first kappa shape index (κ1) is 18.6. The fraction of sp³-hybridized carbons (Fsp3) is 0.500. The van der Waals surface area contributed by atoms with Crippen molar-refractivity contribution in [3.63, 3.8) is 0 Å². The lowest BCUT2D eigenvalue weighted by Gasteiger charge is -2.35. The highest BCUT2D eigenvalue weighted by Crippen LogP contribution is 2.36. The molecule has 1 amide bonds. The van der Waals surface area contributed by atoms with E-state index in [1.807, 2.05) is 18.7 Å². The minimum atomic E-state index is -0.0154. The zero-order valence-electron chi connectivity index (χ0n) is 14.4. The average molecular weight is 353 g/mol. The van der Waals surface area contributed by atoms with E-state index in [0.29, 0.717) is 29.7 Å². The molecule has 1 aliphatic rings. The Balaban J connectivity index is 2.13. The number of methoxy groups -OCH3 is 1. The van der Waals surface area contributed by atoms with E-state index in [4.69, 9.17) is 26.8 Å². The van der Waals surface area contributed by atoms with E-state index >= 15 is 0 Å². The Morgan fingerprint density at radius 3 is 2.88 bits per heavy atom. The van der Waals surface area contributed by atoms with Crippen LogP contribution >= 0.6 is 11.6 Å². The molecule has 2 rings (SSSR count). The number of halogens is 1. The van der Waals surface area contributed by atoms with E-state index in [9.17, 15) is 4.79 Å². The summed E-state index contributed by atoms with van der Waals surface area (Å²) in [5.41, 5.74) is 6.73. The fourth-order valence-electron chi connectivity index (χ4n) is 2.92. The number of nitrogens with two attached hydrogens (primary N) is 1. The lowest BCUT2D eigenvalue weighted by Crippen LogP contribution is -2.47. The summed E-state index contributed by atoms with van der Waals surface area (Å²) in [4.78, 5) is 14.3. The summed E-state index contributed by atoms with van der Waals surface area (Å²) in [6.07, 6.45) is 4.99. The van der Waals surface area contributed by atoms with Gasteiger partial charge in [0.05, 0.1) is 18.7 Å². The van der Waals surface area contributed by atoms with Crippen LogP contribution in [0.5, 0.6) is 11.5 Å². The molecule has 0 aliphatic carbocycles. The number of benzene rings is 1. The van der Waals surface area contributed by atoms with Crippen LogP contribution in [-0.2, 0) is 4.79 Å². The molecule has 132 valence electrons. The number of carbonyl (C=O) groups is 1. The Hall–Kier alpha value is -1.72. The van der Waals surface area contributed by atoms with Gasteiger partial charge >= 0.3 is 0 Å². The van der Waals surface area contributed by atoms with Crippen LogP contribution in [0, 0.1) is 0 Å². The normalized spacial score (nSPS) is 21.1. The standard InChI is InChI=1S/C18H25ClN2O3/c1-4-24-18-15(19)10-13(11-16(18)23-3)5-6-17(22)21-8-7-14(20)9-12(21)2/h5-6,10-12,14H,4,7-9,20H2,1-3H3. The van der Waals surface area contributed by atoms with E-state index in [1.54, 1.807) is 31.4 Å². The van der Waals surface area contributed by atoms with Gasteiger partial charge in [0.15, 0.2) is 11.5 Å². The van der Waals surface area contributed by atoms with Crippen LogP contribution in [0.1, 0.15) is 32.3 Å². The van der Waals surface area contributed by atoms with Crippen LogP contribution in [0.25, 0.3) is 6.08 Å². The molecule has 2 unspecified atom stereocenters. The largest absolute Gasteiger partial charge is 0.493 e. The quantitative estimate of drug-likeness (QED) is 0.827. The topological polar surface area (TPSA) is 64.8 Å². The molecule has 1 aliphatic heterocycles. The SMILES string of the molecule is CCOc1c(Cl)cc(C=CC(=O)N2CCC(N)CC2C)cc1OC. The third-order valence-corrected chi connectivity index (χ3v) is 4.44. The lowest BCUT2D eigenvalue weighted by atomic mass is 9.99. The van der Waals surface area contributed by atoms with Gasteiger partial charge in [-0.15, -0.1) is 0 Å². The number of hydrogen-bond acceptors (Lipinski definition) is 4. The molecule has 0 bridgehead atoms. The zero-order chi connectivity index (χ0) is 17.7. The minimum absolute atomic E-state index is 0.0154. The fourth-order valence-corrected chi connectivity index (χ4v) is 3.19. The molecule has 1 aromatic rings. The summed E-state index contributed by atoms with van der Waals surface area (Å²) >= 11 is 6.25. The van der Waals surface area contributed by atoms with Crippen molar-refractivity contribution in [3.8, 4) is 11.5 Å². The maximum atomic E-state index is 12.4. The van der Waals surface area contributed by atoms with Gasteiger partial charge in [0.2, 0.25) is 5.91 Å². The van der Waals surface area contributed by atoms with Crippen molar-refractivity contribution < 1.29 is 14.3 Å². The average Bonchev–Trinajstić information content (AvgIpc) is 2.54. The van der Waals surface area contributed by atoms with Gasteiger partial charge in [-0.25, -0.2) is 0 Å². The van der Waals surface area contributed by atoms with Crippen molar-refractivity contribution in [2.75, 3.05) is 20.3 Å². The first-order valence-corrected chi connectivity index (χ1v) is 8.58. The van der Waals surface area contributed by atoms with Crippen LogP contribution in [0.2, 0.25) is 5.02 Å². The molecule has 0 saturated carbocycles. The smallest absolute Gasteiger partial charge is 0.246 e. The van der Waals surface area contributed by atoms with Crippen molar-refractivity contribution in [2.45, 2.75) is 38.8 Å². The maximum Gasteiger partial charge on any atom is 0.246 e. The van der Waals surface area contributed by atoms with Gasteiger partial charge in [0.25, 0.3) is 0 Å². The number of likely N-dealkylation sites (tertiary alicyclic amines) is 1. The molecule has 24 heavy (non-hydrogen) atoms. The van der Waals surface area contributed by atoms with Crippen LogP contribution in [0.3, 0.4) is 0 Å². The molecule has 0 radical (unpaired) electrons.